The van der Waals surface area contributed by atoms with Crippen LogP contribution in [-0.2, 0) is 6.18 Å². The van der Waals surface area contributed by atoms with Crippen molar-refractivity contribution >= 4 is 28.6 Å². The molecule has 1 amide bonds. The highest BCUT2D eigenvalue weighted by atomic mass is 19.4. The third-order valence-corrected chi connectivity index (χ3v) is 4.77. The molecular weight excluding hydrogens is 407 g/mol. The number of hydrazone groups is 1. The second kappa shape index (κ2) is 7.98. The Bertz CT molecular complexity index is 1260. The smallest absolute Gasteiger partial charge is 0.416 e. The molecule has 31 heavy (non-hydrogen) atoms. The second-order valence-electron chi connectivity index (χ2n) is 6.82. The van der Waals surface area contributed by atoms with Gasteiger partial charge >= 0.3 is 6.18 Å². The first-order valence-electron chi connectivity index (χ1n) is 9.17. The molecule has 3 N–H and O–H groups in total. The molecule has 0 bridgehead atoms. The van der Waals surface area contributed by atoms with Crippen molar-refractivity contribution in [2.45, 2.75) is 6.18 Å². The fraction of sp³-hybridized carbons (Fsp3) is 0.0435. The maximum absolute atomic E-state index is 12.8. The molecule has 1 heterocycles. The zero-order valence-corrected chi connectivity index (χ0v) is 16.0. The monoisotopic (exact) mass is 423 g/mol. The summed E-state index contributed by atoms with van der Waals surface area (Å²) in [5, 5.41) is 7.84. The molecule has 8 heteroatoms. The molecule has 0 saturated heterocycles. The second-order valence-corrected chi connectivity index (χ2v) is 6.82. The van der Waals surface area contributed by atoms with E-state index in [9.17, 15) is 18.0 Å². The highest BCUT2D eigenvalue weighted by molar-refractivity contribution is 6.10. The first kappa shape index (κ1) is 20.2. The number of hydrogen-bond donors (Lipinski definition) is 2. The van der Waals surface area contributed by atoms with Gasteiger partial charge in [-0.1, -0.05) is 12.1 Å². The largest absolute Gasteiger partial charge is 0.472 e. The molecule has 0 aliphatic heterocycles. The van der Waals surface area contributed by atoms with E-state index in [-0.39, 0.29) is 5.69 Å². The van der Waals surface area contributed by atoms with Crippen molar-refractivity contribution in [2.75, 3.05) is 5.32 Å². The molecule has 1 aromatic heterocycles. The molecular formula is C23H16F3N3O2. The van der Waals surface area contributed by atoms with Gasteiger partial charge in [0.05, 0.1) is 24.3 Å². The van der Waals surface area contributed by atoms with Crippen LogP contribution < -0.4 is 11.2 Å². The molecule has 4 rings (SSSR count). The van der Waals surface area contributed by atoms with Crippen LogP contribution in [0.15, 0.2) is 82.7 Å². The number of carbonyl (C=O) groups excluding carboxylic acids is 1. The summed E-state index contributed by atoms with van der Waals surface area (Å²) in [7, 11) is 0. The number of rotatable bonds is 4. The van der Waals surface area contributed by atoms with Crippen molar-refractivity contribution in [1.29, 1.82) is 0 Å². The zero-order chi connectivity index (χ0) is 22.0. The third kappa shape index (κ3) is 4.28. The number of anilines is 1. The summed E-state index contributed by atoms with van der Waals surface area (Å²) in [6.07, 6.45) is 0.176. The number of nitrogens with one attached hydrogen (secondary N) is 1. The van der Waals surface area contributed by atoms with Gasteiger partial charge in [0.1, 0.15) is 0 Å². The Morgan fingerprint density at radius 2 is 1.81 bits per heavy atom. The predicted octanol–water partition coefficient (Wildman–Crippen LogP) is 5.66. The Balaban J connectivity index is 1.72. The molecule has 0 radical (unpaired) electrons. The predicted molar refractivity (Wildman–Crippen MR) is 113 cm³/mol. The van der Waals surface area contributed by atoms with Gasteiger partial charge in [0, 0.05) is 16.8 Å². The molecule has 5 nitrogen and oxygen atoms in total. The summed E-state index contributed by atoms with van der Waals surface area (Å²) in [5.41, 5.74) is 2.16. The lowest BCUT2D eigenvalue weighted by Crippen LogP contribution is -2.12. The number of amides is 1. The minimum absolute atomic E-state index is 0.262. The van der Waals surface area contributed by atoms with Crippen LogP contribution in [0.4, 0.5) is 18.9 Å². The summed E-state index contributed by atoms with van der Waals surface area (Å²) in [4.78, 5) is 12.8. The van der Waals surface area contributed by atoms with Crippen LogP contribution >= 0.6 is 0 Å². The molecule has 3 aromatic carbocycles. The van der Waals surface area contributed by atoms with E-state index in [1.807, 2.05) is 18.2 Å². The van der Waals surface area contributed by atoms with Crippen LogP contribution in [-0.4, -0.2) is 12.1 Å². The van der Waals surface area contributed by atoms with Crippen molar-refractivity contribution in [1.82, 2.24) is 0 Å². The fourth-order valence-electron chi connectivity index (χ4n) is 3.28. The first-order chi connectivity index (χ1) is 14.8. The quantitative estimate of drug-likeness (QED) is 0.252. The average molecular weight is 423 g/mol. The molecule has 4 aromatic rings. The molecule has 0 spiro atoms. The molecule has 0 aliphatic carbocycles. The van der Waals surface area contributed by atoms with E-state index in [0.29, 0.717) is 5.56 Å². The van der Waals surface area contributed by atoms with Crippen molar-refractivity contribution < 1.29 is 22.4 Å². The van der Waals surface area contributed by atoms with Crippen LogP contribution in [0.2, 0.25) is 0 Å². The summed E-state index contributed by atoms with van der Waals surface area (Å²) in [6.45, 7) is 0. The maximum atomic E-state index is 12.8. The molecule has 0 fully saturated rings. The zero-order valence-electron chi connectivity index (χ0n) is 16.0. The Hall–Kier alpha value is -4.07. The molecule has 0 atom stereocenters. The standard InChI is InChI=1S/C23H16F3N3O2/c24-23(25,26)18-3-5-19(6-4-18)29-22(30)17-10-15-2-1-14(12-28-27)9-20(15)21(11-17)16-7-8-31-13-16/h1-13H,27H2,(H,29,30). The number of hydrogen-bond acceptors (Lipinski definition) is 4. The van der Waals surface area contributed by atoms with Gasteiger partial charge in [-0.15, -0.1) is 0 Å². The van der Waals surface area contributed by atoms with E-state index in [1.165, 1.54) is 24.6 Å². The number of alkyl halides is 3. The molecule has 0 unspecified atom stereocenters. The minimum atomic E-state index is -4.44. The van der Waals surface area contributed by atoms with Gasteiger partial charge in [0.2, 0.25) is 0 Å². The van der Waals surface area contributed by atoms with Crippen LogP contribution in [0.3, 0.4) is 0 Å². The van der Waals surface area contributed by atoms with Crippen molar-refractivity contribution in [2.24, 2.45) is 10.9 Å². The fourth-order valence-corrected chi connectivity index (χ4v) is 3.28. The number of fused-ring (bicyclic) bond motifs is 1. The van der Waals surface area contributed by atoms with Gasteiger partial charge in [-0.05, 0) is 70.4 Å². The number of carbonyl (C=O) groups is 1. The van der Waals surface area contributed by atoms with Crippen molar-refractivity contribution in [3.05, 3.63) is 89.9 Å². The minimum Gasteiger partial charge on any atom is -0.472 e. The van der Waals surface area contributed by atoms with Gasteiger partial charge in [-0.25, -0.2) is 0 Å². The van der Waals surface area contributed by atoms with Crippen LogP contribution in [0.5, 0.6) is 0 Å². The molecule has 0 saturated carbocycles. The van der Waals surface area contributed by atoms with Crippen LogP contribution in [0.1, 0.15) is 21.5 Å². The van der Waals surface area contributed by atoms with Crippen molar-refractivity contribution in [3.8, 4) is 11.1 Å². The van der Waals surface area contributed by atoms with Crippen LogP contribution in [0.25, 0.3) is 21.9 Å². The normalized spacial score (nSPS) is 11.8. The summed E-state index contributed by atoms with van der Waals surface area (Å²) in [5.74, 6) is 4.80. The number of halogens is 3. The van der Waals surface area contributed by atoms with E-state index in [0.717, 1.165) is 39.6 Å². The Morgan fingerprint density at radius 1 is 1.03 bits per heavy atom. The van der Waals surface area contributed by atoms with E-state index >= 15 is 0 Å². The van der Waals surface area contributed by atoms with E-state index in [4.69, 9.17) is 10.3 Å². The summed E-state index contributed by atoms with van der Waals surface area (Å²) in [6, 6.07) is 15.0. The highest BCUT2D eigenvalue weighted by Gasteiger charge is 2.30. The SMILES string of the molecule is NN=Cc1ccc2cc(C(=O)Nc3ccc(C(F)(F)F)cc3)cc(-c3ccoc3)c2c1. The van der Waals surface area contributed by atoms with E-state index < -0.39 is 17.6 Å². The lowest BCUT2D eigenvalue weighted by atomic mass is 9.95. The lowest BCUT2D eigenvalue weighted by Gasteiger charge is -2.12. The van der Waals surface area contributed by atoms with E-state index in [2.05, 4.69) is 10.4 Å². The van der Waals surface area contributed by atoms with Gasteiger partial charge in [0.15, 0.2) is 0 Å². The molecule has 156 valence electrons. The highest BCUT2D eigenvalue weighted by Crippen LogP contribution is 2.32. The average Bonchev–Trinajstić information content (AvgIpc) is 3.27. The Kier molecular flexibility index (Phi) is 5.21. The summed E-state index contributed by atoms with van der Waals surface area (Å²) < 4.78 is 43.4. The number of furan rings is 1. The van der Waals surface area contributed by atoms with Gasteiger partial charge in [0.25, 0.3) is 5.91 Å². The topological polar surface area (TPSA) is 80.6 Å². The number of benzene rings is 3. The lowest BCUT2D eigenvalue weighted by molar-refractivity contribution is -0.137. The van der Waals surface area contributed by atoms with E-state index in [1.54, 1.807) is 24.5 Å². The Morgan fingerprint density at radius 3 is 2.45 bits per heavy atom. The van der Waals surface area contributed by atoms with Gasteiger partial charge in [-0.3, -0.25) is 4.79 Å². The molecule has 0 aliphatic rings. The van der Waals surface area contributed by atoms with Gasteiger partial charge in [-0.2, -0.15) is 18.3 Å². The maximum Gasteiger partial charge on any atom is 0.416 e. The van der Waals surface area contributed by atoms with Crippen molar-refractivity contribution in [3.63, 3.8) is 0 Å². The number of nitrogens with zero attached hydrogens (tertiary/aromatic N) is 1. The third-order valence-electron chi connectivity index (χ3n) is 4.77. The summed E-state index contributed by atoms with van der Waals surface area (Å²) >= 11 is 0. The van der Waals surface area contributed by atoms with Crippen LogP contribution in [0, 0.1) is 0 Å². The Labute approximate surface area is 175 Å². The number of nitrogens with two attached hydrogens (primary N) is 1. The van der Waals surface area contributed by atoms with Gasteiger partial charge < -0.3 is 15.6 Å². The first-order valence-corrected chi connectivity index (χ1v) is 9.17.